The van der Waals surface area contributed by atoms with E-state index in [-0.39, 0.29) is 0 Å². The number of aromatic nitrogens is 2. The van der Waals surface area contributed by atoms with Crippen LogP contribution >= 0.6 is 0 Å². The summed E-state index contributed by atoms with van der Waals surface area (Å²) in [5.74, 6) is 0.867. The minimum atomic E-state index is 0.867. The Morgan fingerprint density at radius 3 is 2.17 bits per heavy atom. The van der Waals surface area contributed by atoms with Gasteiger partial charge < -0.3 is 4.74 Å². The molecule has 23 heavy (non-hydrogen) atoms. The third-order valence-electron chi connectivity index (χ3n) is 4.26. The summed E-state index contributed by atoms with van der Waals surface area (Å²) in [4.78, 5) is 0. The predicted octanol–water partition coefficient (Wildman–Crippen LogP) is 4.73. The maximum Gasteiger partial charge on any atom is 0.118 e. The zero-order valence-corrected chi connectivity index (χ0v) is 14.1. The van der Waals surface area contributed by atoms with E-state index in [1.807, 2.05) is 16.8 Å². The van der Waals surface area contributed by atoms with Crippen LogP contribution in [0.5, 0.6) is 5.75 Å². The molecule has 0 spiro atoms. The monoisotopic (exact) mass is 306 g/mol. The molecule has 118 valence electrons. The second-order valence-corrected chi connectivity index (χ2v) is 5.71. The molecule has 0 bridgehead atoms. The van der Waals surface area contributed by atoms with Crippen LogP contribution < -0.4 is 4.74 Å². The van der Waals surface area contributed by atoms with Gasteiger partial charge in [-0.05, 0) is 55.7 Å². The van der Waals surface area contributed by atoms with Crippen LogP contribution in [0.25, 0.3) is 16.8 Å². The van der Waals surface area contributed by atoms with Crippen molar-refractivity contribution in [1.82, 2.24) is 9.78 Å². The number of hydrogen-bond acceptors (Lipinski definition) is 2. The van der Waals surface area contributed by atoms with Crippen LogP contribution in [-0.4, -0.2) is 16.9 Å². The van der Waals surface area contributed by atoms with Gasteiger partial charge in [0.1, 0.15) is 5.75 Å². The van der Waals surface area contributed by atoms with E-state index >= 15 is 0 Å². The molecule has 3 rings (SSSR count). The van der Waals surface area contributed by atoms with Crippen molar-refractivity contribution in [3.63, 3.8) is 0 Å². The Balaban J connectivity index is 2.04. The van der Waals surface area contributed by atoms with Gasteiger partial charge in [0, 0.05) is 11.3 Å². The Labute approximate surface area is 137 Å². The van der Waals surface area contributed by atoms with E-state index in [0.29, 0.717) is 0 Å². The Hall–Kier alpha value is -2.55. The first kappa shape index (κ1) is 15.3. The molecule has 0 unspecified atom stereocenters. The Kier molecular flexibility index (Phi) is 4.20. The highest BCUT2D eigenvalue weighted by molar-refractivity contribution is 5.69. The molecule has 0 amide bonds. The van der Waals surface area contributed by atoms with E-state index < -0.39 is 0 Å². The molecule has 0 radical (unpaired) electrons. The van der Waals surface area contributed by atoms with Gasteiger partial charge in [0.25, 0.3) is 0 Å². The lowest BCUT2D eigenvalue weighted by atomic mass is 10.0. The fraction of sp³-hybridized carbons (Fsp3) is 0.250. The predicted molar refractivity (Wildman–Crippen MR) is 94.4 cm³/mol. The third kappa shape index (κ3) is 2.87. The molecule has 0 fully saturated rings. The fourth-order valence-electron chi connectivity index (χ4n) is 2.94. The molecule has 1 aromatic heterocycles. The topological polar surface area (TPSA) is 27.1 Å². The lowest BCUT2D eigenvalue weighted by Gasteiger charge is -2.07. The van der Waals surface area contributed by atoms with Crippen molar-refractivity contribution in [3.8, 4) is 22.6 Å². The molecule has 0 aliphatic carbocycles. The van der Waals surface area contributed by atoms with Crippen molar-refractivity contribution >= 4 is 0 Å². The van der Waals surface area contributed by atoms with E-state index in [1.54, 1.807) is 7.11 Å². The van der Waals surface area contributed by atoms with E-state index in [9.17, 15) is 0 Å². The van der Waals surface area contributed by atoms with Crippen molar-refractivity contribution < 1.29 is 4.74 Å². The second kappa shape index (κ2) is 6.29. The molecule has 0 N–H and O–H groups in total. The Bertz CT molecular complexity index is 799. The van der Waals surface area contributed by atoms with Crippen molar-refractivity contribution in [2.75, 3.05) is 7.11 Å². The van der Waals surface area contributed by atoms with E-state index in [0.717, 1.165) is 34.8 Å². The van der Waals surface area contributed by atoms with Gasteiger partial charge in [0.15, 0.2) is 0 Å². The molecule has 0 aliphatic heterocycles. The molecule has 0 saturated heterocycles. The molecule has 3 aromatic rings. The summed E-state index contributed by atoms with van der Waals surface area (Å²) in [7, 11) is 1.68. The average molecular weight is 306 g/mol. The van der Waals surface area contributed by atoms with Crippen LogP contribution in [0.15, 0.2) is 48.5 Å². The minimum absolute atomic E-state index is 0.867. The number of aryl methyl sites for hydroxylation is 2. The Morgan fingerprint density at radius 2 is 1.61 bits per heavy atom. The molecule has 3 nitrogen and oxygen atoms in total. The summed E-state index contributed by atoms with van der Waals surface area (Å²) >= 11 is 0. The highest BCUT2D eigenvalue weighted by Crippen LogP contribution is 2.30. The summed E-state index contributed by atoms with van der Waals surface area (Å²) in [5.41, 5.74) is 6.97. The largest absolute Gasteiger partial charge is 0.497 e. The molecule has 0 aliphatic rings. The molecular formula is C20H22N2O. The lowest BCUT2D eigenvalue weighted by molar-refractivity contribution is 0.415. The van der Waals surface area contributed by atoms with Gasteiger partial charge in [0.05, 0.1) is 18.5 Å². The van der Waals surface area contributed by atoms with Crippen LogP contribution in [0.4, 0.5) is 0 Å². The highest BCUT2D eigenvalue weighted by atomic mass is 16.5. The van der Waals surface area contributed by atoms with E-state index in [2.05, 4.69) is 57.2 Å². The van der Waals surface area contributed by atoms with Crippen LogP contribution in [0.2, 0.25) is 0 Å². The summed E-state index contributed by atoms with van der Waals surface area (Å²) in [6.07, 6.45) is 1.05. The number of rotatable bonds is 4. The van der Waals surface area contributed by atoms with Gasteiger partial charge in [0.2, 0.25) is 0 Å². The Morgan fingerprint density at radius 1 is 0.957 bits per heavy atom. The number of hydrogen-bond donors (Lipinski definition) is 0. The first-order valence-corrected chi connectivity index (χ1v) is 7.94. The summed E-state index contributed by atoms with van der Waals surface area (Å²) in [5, 5.41) is 4.74. The maximum atomic E-state index is 5.24. The quantitative estimate of drug-likeness (QED) is 0.697. The van der Waals surface area contributed by atoms with Gasteiger partial charge in [-0.2, -0.15) is 5.10 Å². The molecule has 3 heteroatoms. The number of benzene rings is 2. The third-order valence-corrected chi connectivity index (χ3v) is 4.26. The van der Waals surface area contributed by atoms with Gasteiger partial charge in [-0.3, -0.25) is 0 Å². The highest BCUT2D eigenvalue weighted by Gasteiger charge is 2.14. The summed E-state index contributed by atoms with van der Waals surface area (Å²) in [6.45, 7) is 6.34. The maximum absolute atomic E-state index is 5.24. The van der Waals surface area contributed by atoms with Crippen molar-refractivity contribution in [3.05, 3.63) is 65.5 Å². The summed E-state index contributed by atoms with van der Waals surface area (Å²) in [6, 6.07) is 16.7. The molecule has 0 saturated carbocycles. The van der Waals surface area contributed by atoms with Gasteiger partial charge in [-0.15, -0.1) is 0 Å². The molecular weight excluding hydrogens is 284 g/mol. The average Bonchev–Trinajstić information content (AvgIpc) is 2.89. The van der Waals surface area contributed by atoms with Crippen molar-refractivity contribution in [2.24, 2.45) is 0 Å². The first-order valence-electron chi connectivity index (χ1n) is 7.94. The van der Waals surface area contributed by atoms with Crippen LogP contribution in [0, 0.1) is 13.8 Å². The molecule has 1 heterocycles. The van der Waals surface area contributed by atoms with Gasteiger partial charge >= 0.3 is 0 Å². The zero-order valence-electron chi connectivity index (χ0n) is 14.1. The number of ether oxygens (including phenoxy) is 1. The van der Waals surface area contributed by atoms with Crippen molar-refractivity contribution in [2.45, 2.75) is 27.2 Å². The number of methoxy groups -OCH3 is 1. The SMILES string of the molecule is CCc1ccc(-n2nc(C)c(-c3ccc(OC)cc3)c2C)cc1. The van der Waals surface area contributed by atoms with Crippen molar-refractivity contribution in [1.29, 1.82) is 0 Å². The van der Waals surface area contributed by atoms with Crippen LogP contribution in [0.3, 0.4) is 0 Å². The number of nitrogens with zero attached hydrogens (tertiary/aromatic N) is 2. The lowest BCUT2D eigenvalue weighted by Crippen LogP contribution is -1.99. The summed E-state index contributed by atoms with van der Waals surface area (Å²) < 4.78 is 7.26. The van der Waals surface area contributed by atoms with E-state index in [1.165, 1.54) is 11.1 Å². The smallest absolute Gasteiger partial charge is 0.118 e. The zero-order chi connectivity index (χ0) is 16.4. The van der Waals surface area contributed by atoms with E-state index in [4.69, 9.17) is 9.84 Å². The second-order valence-electron chi connectivity index (χ2n) is 5.71. The molecule has 2 aromatic carbocycles. The molecule has 0 atom stereocenters. The minimum Gasteiger partial charge on any atom is -0.497 e. The standard InChI is InChI=1S/C20H22N2O/c1-5-16-6-10-18(11-7-16)22-15(3)20(14(2)21-22)17-8-12-19(23-4)13-9-17/h6-13H,5H2,1-4H3. The van der Waals surface area contributed by atoms with Crippen LogP contribution in [-0.2, 0) is 6.42 Å². The first-order chi connectivity index (χ1) is 11.1. The van der Waals surface area contributed by atoms with Gasteiger partial charge in [-0.1, -0.05) is 31.2 Å². The fourth-order valence-corrected chi connectivity index (χ4v) is 2.94. The van der Waals surface area contributed by atoms with Gasteiger partial charge in [-0.25, -0.2) is 4.68 Å². The van der Waals surface area contributed by atoms with Crippen LogP contribution in [0.1, 0.15) is 23.9 Å². The normalized spacial score (nSPS) is 10.8.